The van der Waals surface area contributed by atoms with E-state index in [1.54, 1.807) is 0 Å². The third-order valence-electron chi connectivity index (χ3n) is 3.86. The van der Waals surface area contributed by atoms with E-state index in [-0.39, 0.29) is 11.8 Å². The van der Waals surface area contributed by atoms with Gasteiger partial charge in [0.2, 0.25) is 5.91 Å². The lowest BCUT2D eigenvalue weighted by Crippen LogP contribution is -2.43. The Hall–Kier alpha value is -1.08. The van der Waals surface area contributed by atoms with Gasteiger partial charge in [-0.05, 0) is 38.8 Å². The maximum absolute atomic E-state index is 11.8. The fourth-order valence-corrected chi connectivity index (χ4v) is 2.77. The fourth-order valence-electron chi connectivity index (χ4n) is 2.77. The maximum atomic E-state index is 11.8. The second kappa shape index (κ2) is 6.02. The van der Waals surface area contributed by atoms with Crippen LogP contribution < -0.4 is 5.32 Å². The Balaban J connectivity index is 1.67. The molecular weight excluding hydrogens is 214 g/mol. The van der Waals surface area contributed by atoms with E-state index in [0.29, 0.717) is 12.6 Å². The number of nitrogens with one attached hydrogen (secondary N) is 1. The van der Waals surface area contributed by atoms with Crippen LogP contribution in [0.3, 0.4) is 0 Å². The summed E-state index contributed by atoms with van der Waals surface area (Å²) in [7, 11) is 0. The molecule has 17 heavy (non-hydrogen) atoms. The van der Waals surface area contributed by atoms with Gasteiger partial charge in [-0.25, -0.2) is 0 Å². The quantitative estimate of drug-likeness (QED) is 0.801. The topological polar surface area (TPSA) is 56.1 Å². The van der Waals surface area contributed by atoms with Gasteiger partial charge in [-0.3, -0.25) is 9.69 Å². The SMILES string of the molecule is N#CC1CCN(CC(=O)NC2CCCC2)CC1. The van der Waals surface area contributed by atoms with Crippen LogP contribution in [0.15, 0.2) is 0 Å². The molecule has 0 radical (unpaired) electrons. The predicted molar refractivity (Wildman–Crippen MR) is 65.2 cm³/mol. The van der Waals surface area contributed by atoms with Gasteiger partial charge in [0.1, 0.15) is 0 Å². The van der Waals surface area contributed by atoms with E-state index in [0.717, 1.165) is 38.8 Å². The number of hydrogen-bond donors (Lipinski definition) is 1. The predicted octanol–water partition coefficient (Wildman–Crippen LogP) is 1.28. The maximum Gasteiger partial charge on any atom is 0.234 e. The third-order valence-corrected chi connectivity index (χ3v) is 3.86. The zero-order valence-corrected chi connectivity index (χ0v) is 10.3. The van der Waals surface area contributed by atoms with Crippen LogP contribution in [0, 0.1) is 17.2 Å². The number of carbonyl (C=O) groups excluding carboxylic acids is 1. The first kappa shape index (κ1) is 12.4. The molecule has 1 saturated carbocycles. The number of rotatable bonds is 3. The summed E-state index contributed by atoms with van der Waals surface area (Å²) in [5, 5.41) is 11.9. The Labute approximate surface area is 103 Å². The highest BCUT2D eigenvalue weighted by Crippen LogP contribution is 2.18. The number of nitriles is 1. The van der Waals surface area contributed by atoms with Crippen molar-refractivity contribution in [3.8, 4) is 6.07 Å². The number of hydrogen-bond acceptors (Lipinski definition) is 3. The van der Waals surface area contributed by atoms with Crippen LogP contribution in [0.1, 0.15) is 38.5 Å². The lowest BCUT2D eigenvalue weighted by molar-refractivity contribution is -0.123. The summed E-state index contributed by atoms with van der Waals surface area (Å²) in [6.45, 7) is 2.28. The minimum atomic E-state index is 0.160. The van der Waals surface area contributed by atoms with Gasteiger partial charge in [0.05, 0.1) is 12.6 Å². The standard InChI is InChI=1S/C13H21N3O/c14-9-11-5-7-16(8-6-11)10-13(17)15-12-3-1-2-4-12/h11-12H,1-8,10H2,(H,15,17). The van der Waals surface area contributed by atoms with E-state index in [1.807, 2.05) is 0 Å². The average molecular weight is 235 g/mol. The van der Waals surface area contributed by atoms with E-state index in [4.69, 9.17) is 5.26 Å². The van der Waals surface area contributed by atoms with Crippen molar-refractivity contribution in [1.29, 1.82) is 5.26 Å². The highest BCUT2D eigenvalue weighted by molar-refractivity contribution is 5.78. The van der Waals surface area contributed by atoms with Crippen molar-refractivity contribution in [2.75, 3.05) is 19.6 Å². The highest BCUT2D eigenvalue weighted by Gasteiger charge is 2.22. The smallest absolute Gasteiger partial charge is 0.234 e. The Morgan fingerprint density at radius 1 is 1.24 bits per heavy atom. The molecular formula is C13H21N3O. The zero-order chi connectivity index (χ0) is 12.1. The minimum absolute atomic E-state index is 0.160. The van der Waals surface area contributed by atoms with Crippen molar-refractivity contribution in [3.05, 3.63) is 0 Å². The van der Waals surface area contributed by atoms with Crippen molar-refractivity contribution >= 4 is 5.91 Å². The van der Waals surface area contributed by atoms with Crippen LogP contribution in [-0.4, -0.2) is 36.5 Å². The van der Waals surface area contributed by atoms with E-state index in [9.17, 15) is 4.79 Å². The van der Waals surface area contributed by atoms with E-state index < -0.39 is 0 Å². The van der Waals surface area contributed by atoms with Gasteiger partial charge in [0.25, 0.3) is 0 Å². The molecule has 1 N–H and O–H groups in total. The first-order valence-corrected chi connectivity index (χ1v) is 6.69. The van der Waals surface area contributed by atoms with Gasteiger partial charge in [0.15, 0.2) is 0 Å². The van der Waals surface area contributed by atoms with E-state index in [2.05, 4.69) is 16.3 Å². The van der Waals surface area contributed by atoms with E-state index >= 15 is 0 Å². The van der Waals surface area contributed by atoms with Crippen molar-refractivity contribution < 1.29 is 4.79 Å². The second-order valence-electron chi connectivity index (χ2n) is 5.23. The summed E-state index contributed by atoms with van der Waals surface area (Å²) in [4.78, 5) is 14.0. The first-order chi connectivity index (χ1) is 8.28. The molecule has 4 heteroatoms. The van der Waals surface area contributed by atoms with Gasteiger partial charge in [0, 0.05) is 12.0 Å². The Morgan fingerprint density at radius 2 is 1.88 bits per heavy atom. The fraction of sp³-hybridized carbons (Fsp3) is 0.846. The van der Waals surface area contributed by atoms with Gasteiger partial charge < -0.3 is 5.32 Å². The molecule has 1 aliphatic heterocycles. The molecule has 0 aromatic carbocycles. The van der Waals surface area contributed by atoms with Gasteiger partial charge in [-0.2, -0.15) is 5.26 Å². The molecule has 94 valence electrons. The number of piperidine rings is 1. The van der Waals surface area contributed by atoms with Crippen LogP contribution in [0.25, 0.3) is 0 Å². The molecule has 0 bridgehead atoms. The molecule has 1 amide bonds. The summed E-state index contributed by atoms with van der Waals surface area (Å²) >= 11 is 0. The van der Waals surface area contributed by atoms with Crippen LogP contribution in [-0.2, 0) is 4.79 Å². The van der Waals surface area contributed by atoms with Crippen molar-refractivity contribution in [2.45, 2.75) is 44.6 Å². The molecule has 0 unspecified atom stereocenters. The Bertz CT molecular complexity index is 296. The highest BCUT2D eigenvalue weighted by atomic mass is 16.2. The molecule has 1 saturated heterocycles. The molecule has 2 rings (SSSR count). The number of likely N-dealkylation sites (tertiary alicyclic amines) is 1. The summed E-state index contributed by atoms with van der Waals surface area (Å²) in [5.74, 6) is 0.358. The largest absolute Gasteiger partial charge is 0.352 e. The normalized spacial score (nSPS) is 23.5. The lowest BCUT2D eigenvalue weighted by Gasteiger charge is -2.28. The van der Waals surface area contributed by atoms with Crippen LogP contribution in [0.5, 0.6) is 0 Å². The van der Waals surface area contributed by atoms with Gasteiger partial charge >= 0.3 is 0 Å². The summed E-state index contributed by atoms with van der Waals surface area (Å²) in [5.41, 5.74) is 0. The molecule has 2 fully saturated rings. The third kappa shape index (κ3) is 3.71. The minimum Gasteiger partial charge on any atom is -0.352 e. The molecule has 0 aromatic rings. The summed E-state index contributed by atoms with van der Waals surface area (Å²) in [6, 6.07) is 2.73. The van der Waals surface area contributed by atoms with Crippen LogP contribution in [0.4, 0.5) is 0 Å². The summed E-state index contributed by atoms with van der Waals surface area (Å²) in [6.07, 6.45) is 6.60. The van der Waals surface area contributed by atoms with Gasteiger partial charge in [-0.1, -0.05) is 12.8 Å². The molecule has 1 heterocycles. The molecule has 2 aliphatic rings. The van der Waals surface area contributed by atoms with Crippen molar-refractivity contribution in [1.82, 2.24) is 10.2 Å². The molecule has 1 aliphatic carbocycles. The molecule has 4 nitrogen and oxygen atoms in total. The Kier molecular flexibility index (Phi) is 4.38. The van der Waals surface area contributed by atoms with Gasteiger partial charge in [-0.15, -0.1) is 0 Å². The summed E-state index contributed by atoms with van der Waals surface area (Å²) < 4.78 is 0. The average Bonchev–Trinajstić information content (AvgIpc) is 2.82. The molecule has 0 spiro atoms. The number of nitrogens with zero attached hydrogens (tertiary/aromatic N) is 2. The van der Waals surface area contributed by atoms with Crippen molar-refractivity contribution in [3.63, 3.8) is 0 Å². The number of carbonyl (C=O) groups is 1. The van der Waals surface area contributed by atoms with Crippen LogP contribution in [0.2, 0.25) is 0 Å². The first-order valence-electron chi connectivity index (χ1n) is 6.69. The van der Waals surface area contributed by atoms with Crippen LogP contribution >= 0.6 is 0 Å². The second-order valence-corrected chi connectivity index (χ2v) is 5.23. The number of amides is 1. The zero-order valence-electron chi connectivity index (χ0n) is 10.3. The van der Waals surface area contributed by atoms with E-state index in [1.165, 1.54) is 12.8 Å². The Morgan fingerprint density at radius 3 is 2.47 bits per heavy atom. The molecule has 0 aromatic heterocycles. The lowest BCUT2D eigenvalue weighted by atomic mass is 9.99. The monoisotopic (exact) mass is 235 g/mol. The van der Waals surface area contributed by atoms with Crippen molar-refractivity contribution in [2.24, 2.45) is 5.92 Å². The molecule has 0 atom stereocenters.